The van der Waals surface area contributed by atoms with Gasteiger partial charge in [0.2, 0.25) is 10.0 Å². The van der Waals surface area contributed by atoms with E-state index in [1.54, 1.807) is 36.4 Å². The Bertz CT molecular complexity index is 1680. The number of halogens is 1. The number of anilines is 1. The molecule has 0 saturated carbocycles. The van der Waals surface area contributed by atoms with Gasteiger partial charge in [0.05, 0.1) is 28.7 Å². The maximum atomic E-state index is 13.8. The second-order valence-corrected chi connectivity index (χ2v) is 11.7. The molecule has 1 saturated heterocycles. The number of sulfonamides is 1. The van der Waals surface area contributed by atoms with Crippen LogP contribution in [-0.4, -0.2) is 51.1 Å². The predicted octanol–water partition coefficient (Wildman–Crippen LogP) is 4.61. The minimum atomic E-state index is -3.99. The van der Waals surface area contributed by atoms with Gasteiger partial charge in [-0.1, -0.05) is 30.3 Å². The largest absolute Gasteiger partial charge is 0.492 e. The lowest BCUT2D eigenvalue weighted by Gasteiger charge is -2.24. The molecule has 0 aliphatic carbocycles. The van der Waals surface area contributed by atoms with Crippen LogP contribution in [0.3, 0.4) is 0 Å². The Balaban J connectivity index is 1.45. The van der Waals surface area contributed by atoms with E-state index in [4.69, 9.17) is 9.47 Å². The van der Waals surface area contributed by atoms with E-state index in [2.05, 4.69) is 0 Å². The number of rotatable bonds is 10. The van der Waals surface area contributed by atoms with Crippen molar-refractivity contribution in [2.45, 2.75) is 30.3 Å². The molecule has 0 N–H and O–H groups in total. The summed E-state index contributed by atoms with van der Waals surface area (Å²) in [7, 11) is -3.99. The normalized spacial score (nSPS) is 16.5. The molecule has 2 aliphatic rings. The first-order valence-corrected chi connectivity index (χ1v) is 14.8. The van der Waals surface area contributed by atoms with Crippen LogP contribution < -0.4 is 14.4 Å². The van der Waals surface area contributed by atoms with Crippen molar-refractivity contribution in [1.29, 1.82) is 10.5 Å². The van der Waals surface area contributed by atoms with Crippen LogP contribution in [0.1, 0.15) is 24.0 Å². The van der Waals surface area contributed by atoms with Crippen LogP contribution in [0.15, 0.2) is 83.3 Å². The lowest BCUT2D eigenvalue weighted by molar-refractivity contribution is -0.113. The van der Waals surface area contributed by atoms with Crippen LogP contribution in [0.25, 0.3) is 5.57 Å². The number of amides is 1. The first kappa shape index (κ1) is 28.8. The Morgan fingerprint density at radius 1 is 0.976 bits per heavy atom. The van der Waals surface area contributed by atoms with E-state index >= 15 is 0 Å². The van der Waals surface area contributed by atoms with Crippen molar-refractivity contribution in [3.8, 4) is 23.6 Å². The van der Waals surface area contributed by atoms with Crippen LogP contribution in [0.5, 0.6) is 11.5 Å². The van der Waals surface area contributed by atoms with Crippen LogP contribution in [0.4, 0.5) is 10.1 Å². The van der Waals surface area contributed by atoms with Gasteiger partial charge in [-0.25, -0.2) is 12.8 Å². The standard InChI is InChI=1S/C31H27FN4O5S/c32-14-16-40-26-10-8-22(9-11-26)20-35-29-13-12-27(17-28(29)30(31(35)37)23(18-33)19-34)42(38,39)36-15-4-5-24(36)21-41-25-6-2-1-3-7-25/h1-3,6-13,17,24H,4-5,14-16,20-21H2/t24-/m0/s1/i32-1. The van der Waals surface area contributed by atoms with Gasteiger partial charge in [-0.2, -0.15) is 14.8 Å². The molecule has 0 unspecified atom stereocenters. The number of hydrogen-bond acceptors (Lipinski definition) is 7. The zero-order valence-electron chi connectivity index (χ0n) is 22.6. The zero-order valence-corrected chi connectivity index (χ0v) is 23.4. The number of para-hydroxylation sites is 1. The summed E-state index contributed by atoms with van der Waals surface area (Å²) in [4.78, 5) is 14.9. The minimum Gasteiger partial charge on any atom is -0.492 e. The lowest BCUT2D eigenvalue weighted by atomic mass is 10.0. The summed E-state index contributed by atoms with van der Waals surface area (Å²) in [6.45, 7) is -0.0768. The number of nitriles is 2. The average molecular weight is 586 g/mol. The SMILES string of the molecule is N#CC(C#N)=C1C(=O)N(Cc2ccc(OCC[18F])cc2)c2ccc(S(=O)(=O)N3CCC[C@H]3COc3ccccc3)cc21. The van der Waals surface area contributed by atoms with E-state index in [1.807, 2.05) is 30.3 Å². The molecule has 3 aromatic carbocycles. The highest BCUT2D eigenvalue weighted by molar-refractivity contribution is 7.89. The summed E-state index contributed by atoms with van der Waals surface area (Å²) in [6, 6.07) is 23.4. The molecule has 11 heteroatoms. The molecule has 0 aromatic heterocycles. The molecule has 0 spiro atoms. The lowest BCUT2D eigenvalue weighted by Crippen LogP contribution is -2.39. The third-order valence-corrected chi connectivity index (χ3v) is 9.13. The number of alkyl halides is 1. The first-order chi connectivity index (χ1) is 20.4. The zero-order chi connectivity index (χ0) is 29.7. The van der Waals surface area contributed by atoms with Crippen molar-refractivity contribution >= 4 is 27.2 Å². The fourth-order valence-corrected chi connectivity index (χ4v) is 6.88. The molecule has 9 nitrogen and oxygen atoms in total. The van der Waals surface area contributed by atoms with E-state index in [-0.39, 0.29) is 41.8 Å². The van der Waals surface area contributed by atoms with Crippen molar-refractivity contribution in [3.63, 3.8) is 0 Å². The Hall–Kier alpha value is -4.71. The Labute approximate surface area is 243 Å². The van der Waals surface area contributed by atoms with Crippen LogP contribution in [0, 0.1) is 22.7 Å². The number of carbonyl (C=O) groups excluding carboxylic acids is 1. The quantitative estimate of drug-likeness (QED) is 0.251. The molecule has 1 amide bonds. The van der Waals surface area contributed by atoms with Gasteiger partial charge in [0, 0.05) is 12.1 Å². The van der Waals surface area contributed by atoms with Gasteiger partial charge in [-0.15, -0.1) is 0 Å². The summed E-state index contributed by atoms with van der Waals surface area (Å²) in [5.41, 5.74) is 0.774. The van der Waals surface area contributed by atoms with E-state index < -0.39 is 28.2 Å². The maximum Gasteiger partial charge on any atom is 0.261 e. The summed E-state index contributed by atoms with van der Waals surface area (Å²) < 4.78 is 52.6. The molecule has 1 atom stereocenters. The molecule has 1 fully saturated rings. The first-order valence-electron chi connectivity index (χ1n) is 13.4. The third-order valence-electron chi connectivity index (χ3n) is 7.19. The molecule has 2 heterocycles. The number of ether oxygens (including phenoxy) is 2. The van der Waals surface area contributed by atoms with Crippen LogP contribution in [-0.2, 0) is 21.4 Å². The molecular weight excluding hydrogens is 558 g/mol. The molecule has 42 heavy (non-hydrogen) atoms. The molecule has 0 radical (unpaired) electrons. The van der Waals surface area contributed by atoms with Gasteiger partial charge in [0.15, 0.2) is 0 Å². The van der Waals surface area contributed by atoms with E-state index in [0.717, 1.165) is 0 Å². The van der Waals surface area contributed by atoms with Gasteiger partial charge in [-0.05, 0) is 60.9 Å². The number of hydrogen-bond donors (Lipinski definition) is 0. The Morgan fingerprint density at radius 2 is 1.69 bits per heavy atom. The number of nitrogens with zero attached hydrogens (tertiary/aromatic N) is 4. The number of fused-ring (bicyclic) bond motifs is 1. The van der Waals surface area contributed by atoms with E-state index in [9.17, 15) is 28.1 Å². The van der Waals surface area contributed by atoms with Gasteiger partial charge < -0.3 is 14.4 Å². The maximum absolute atomic E-state index is 13.8. The number of benzene rings is 3. The number of allylic oxidation sites excluding steroid dienone is 1. The van der Waals surface area contributed by atoms with Crippen molar-refractivity contribution in [1.82, 2.24) is 4.31 Å². The molecule has 214 valence electrons. The van der Waals surface area contributed by atoms with Crippen LogP contribution in [0.2, 0.25) is 0 Å². The fourth-order valence-electron chi connectivity index (χ4n) is 5.17. The summed E-state index contributed by atoms with van der Waals surface area (Å²) in [5, 5.41) is 19.2. The summed E-state index contributed by atoms with van der Waals surface area (Å²) in [5.74, 6) is 0.548. The van der Waals surface area contributed by atoms with Gasteiger partial charge >= 0.3 is 0 Å². The highest BCUT2D eigenvalue weighted by Crippen LogP contribution is 2.41. The van der Waals surface area contributed by atoms with Crippen molar-refractivity contribution in [2.75, 3.05) is 31.3 Å². The molecule has 2 aliphatic heterocycles. The number of carbonyl (C=O) groups is 1. The van der Waals surface area contributed by atoms with Gasteiger partial charge in [0.25, 0.3) is 5.91 Å². The minimum absolute atomic E-state index is 0.0374. The van der Waals surface area contributed by atoms with Crippen molar-refractivity contribution in [2.24, 2.45) is 0 Å². The highest BCUT2D eigenvalue weighted by Gasteiger charge is 2.39. The second-order valence-electron chi connectivity index (χ2n) is 9.76. The smallest absolute Gasteiger partial charge is 0.261 e. The Morgan fingerprint density at radius 3 is 2.38 bits per heavy atom. The predicted molar refractivity (Wildman–Crippen MR) is 153 cm³/mol. The van der Waals surface area contributed by atoms with E-state index in [1.165, 1.54) is 27.4 Å². The fraction of sp³-hybridized carbons (Fsp3) is 0.258. The molecule has 5 rings (SSSR count). The summed E-state index contributed by atoms with van der Waals surface area (Å²) >= 11 is 0. The van der Waals surface area contributed by atoms with Gasteiger partial charge in [-0.3, -0.25) is 4.79 Å². The van der Waals surface area contributed by atoms with E-state index in [0.29, 0.717) is 42.1 Å². The average Bonchev–Trinajstić information content (AvgIpc) is 3.60. The molecular formula is C31H27FN4O5S. The molecule has 3 aromatic rings. The third kappa shape index (κ3) is 5.70. The highest BCUT2D eigenvalue weighted by atomic mass is 32.2. The van der Waals surface area contributed by atoms with Crippen LogP contribution >= 0.6 is 0 Å². The summed E-state index contributed by atoms with van der Waals surface area (Å²) in [6.07, 6.45) is 1.31. The van der Waals surface area contributed by atoms with Gasteiger partial charge in [0.1, 0.15) is 49.1 Å². The second kappa shape index (κ2) is 12.4. The topological polar surface area (TPSA) is 124 Å². The van der Waals surface area contributed by atoms with Crippen molar-refractivity contribution in [3.05, 3.63) is 89.5 Å². The van der Waals surface area contributed by atoms with Crippen molar-refractivity contribution < 1.29 is 27.1 Å². The monoisotopic (exact) mass is 585 g/mol. The molecule has 0 bridgehead atoms. The Kier molecular flexibility index (Phi) is 8.53.